The number of hydrogen-bond acceptors (Lipinski definition) is 4. The molecule has 4 heteroatoms. The van der Waals surface area contributed by atoms with Crippen LogP contribution < -0.4 is 5.73 Å². The predicted molar refractivity (Wildman–Crippen MR) is 48.7 cm³/mol. The van der Waals surface area contributed by atoms with Crippen LogP contribution in [-0.4, -0.2) is 15.3 Å². The van der Waals surface area contributed by atoms with Crippen molar-refractivity contribution in [1.29, 1.82) is 0 Å². The maximum absolute atomic E-state index is 10.2. The third-order valence-corrected chi connectivity index (χ3v) is 2.68. The summed E-state index contributed by atoms with van der Waals surface area (Å²) in [6.07, 6.45) is 5.16. The highest BCUT2D eigenvalue weighted by atomic mass is 16.3. The number of nitrogens with zero attached hydrogens (tertiary/aromatic N) is 2. The lowest BCUT2D eigenvalue weighted by atomic mass is 9.91. The van der Waals surface area contributed by atoms with E-state index in [9.17, 15) is 5.11 Å². The Labute approximate surface area is 76.8 Å². The van der Waals surface area contributed by atoms with E-state index >= 15 is 0 Å². The van der Waals surface area contributed by atoms with Crippen molar-refractivity contribution in [2.75, 3.05) is 5.73 Å². The molecule has 1 fully saturated rings. The van der Waals surface area contributed by atoms with Crippen LogP contribution in [0.5, 0.6) is 0 Å². The van der Waals surface area contributed by atoms with E-state index in [1.165, 1.54) is 6.20 Å². The van der Waals surface area contributed by atoms with Gasteiger partial charge in [-0.25, -0.2) is 0 Å². The lowest BCUT2D eigenvalue weighted by Crippen LogP contribution is -2.25. The van der Waals surface area contributed by atoms with Crippen LogP contribution >= 0.6 is 0 Å². The van der Waals surface area contributed by atoms with Crippen LogP contribution in [0.25, 0.3) is 0 Å². The first-order valence-electron chi connectivity index (χ1n) is 4.41. The Morgan fingerprint density at radius 3 is 2.62 bits per heavy atom. The van der Waals surface area contributed by atoms with Gasteiger partial charge < -0.3 is 10.8 Å². The zero-order chi connectivity index (χ0) is 9.47. The molecule has 1 saturated carbocycles. The van der Waals surface area contributed by atoms with Crippen LogP contribution in [0.3, 0.4) is 0 Å². The average molecular weight is 179 g/mol. The van der Waals surface area contributed by atoms with E-state index in [4.69, 9.17) is 5.73 Å². The molecule has 3 N–H and O–H groups in total. The molecule has 0 amide bonds. The zero-order valence-corrected chi connectivity index (χ0v) is 7.57. The molecule has 1 aliphatic carbocycles. The Kier molecular flexibility index (Phi) is 1.73. The number of aromatic nitrogens is 2. The Morgan fingerprint density at radius 1 is 1.46 bits per heavy atom. The number of hydrogen-bond donors (Lipinski definition) is 2. The molecule has 1 atom stereocenters. The topological polar surface area (TPSA) is 72.0 Å². The third kappa shape index (κ3) is 1.37. The van der Waals surface area contributed by atoms with Crippen molar-refractivity contribution in [2.45, 2.75) is 25.4 Å². The van der Waals surface area contributed by atoms with Crippen LogP contribution in [0.1, 0.15) is 25.3 Å². The summed E-state index contributed by atoms with van der Waals surface area (Å²) < 4.78 is 0. The Balaban J connectivity index is 2.38. The van der Waals surface area contributed by atoms with E-state index in [2.05, 4.69) is 10.2 Å². The smallest absolute Gasteiger partial charge is 0.0932 e. The summed E-state index contributed by atoms with van der Waals surface area (Å²) in [5.41, 5.74) is 6.10. The summed E-state index contributed by atoms with van der Waals surface area (Å²) in [7, 11) is 0. The predicted octanol–water partition coefficient (Wildman–Crippen LogP) is 0.676. The van der Waals surface area contributed by atoms with Gasteiger partial charge in [0.2, 0.25) is 0 Å². The molecular formula is C9H13N3O. The molecule has 1 heterocycles. The summed E-state index contributed by atoms with van der Waals surface area (Å²) in [5.74, 6) is 0.332. The first kappa shape index (κ1) is 8.44. The minimum Gasteiger partial charge on any atom is -0.397 e. The zero-order valence-electron chi connectivity index (χ0n) is 7.57. The van der Waals surface area contributed by atoms with E-state index < -0.39 is 5.60 Å². The molecule has 1 aliphatic rings. The number of nitrogen functional groups attached to an aromatic ring is 1. The molecule has 0 saturated heterocycles. The fourth-order valence-electron chi connectivity index (χ4n) is 1.62. The molecule has 4 nitrogen and oxygen atoms in total. The highest BCUT2D eigenvalue weighted by Crippen LogP contribution is 2.46. The Hall–Kier alpha value is -1.16. The summed E-state index contributed by atoms with van der Waals surface area (Å²) >= 11 is 0. The van der Waals surface area contributed by atoms with Crippen molar-refractivity contribution in [3.63, 3.8) is 0 Å². The van der Waals surface area contributed by atoms with Crippen molar-refractivity contribution in [1.82, 2.24) is 10.2 Å². The van der Waals surface area contributed by atoms with E-state index in [-0.39, 0.29) is 0 Å². The van der Waals surface area contributed by atoms with E-state index in [1.807, 2.05) is 0 Å². The van der Waals surface area contributed by atoms with Crippen molar-refractivity contribution in [3.8, 4) is 0 Å². The van der Waals surface area contributed by atoms with Gasteiger partial charge in [0.15, 0.2) is 0 Å². The molecule has 1 aromatic rings. The SMILES string of the molecule is CC(O)(c1cnncc1N)C1CC1. The maximum Gasteiger partial charge on any atom is 0.0932 e. The molecule has 0 aliphatic heterocycles. The number of anilines is 1. The number of rotatable bonds is 2. The summed E-state index contributed by atoms with van der Waals surface area (Å²) in [6, 6.07) is 0. The quantitative estimate of drug-likeness (QED) is 0.700. The van der Waals surface area contributed by atoms with Crippen LogP contribution in [0.2, 0.25) is 0 Å². The van der Waals surface area contributed by atoms with Gasteiger partial charge in [-0.1, -0.05) is 0 Å². The first-order valence-corrected chi connectivity index (χ1v) is 4.41. The second kappa shape index (κ2) is 2.67. The van der Waals surface area contributed by atoms with Crippen molar-refractivity contribution >= 4 is 5.69 Å². The maximum atomic E-state index is 10.2. The van der Waals surface area contributed by atoms with Gasteiger partial charge in [-0.05, 0) is 25.7 Å². The molecule has 1 aromatic heterocycles. The van der Waals surface area contributed by atoms with Gasteiger partial charge in [0.05, 0.1) is 23.7 Å². The van der Waals surface area contributed by atoms with Crippen LogP contribution in [-0.2, 0) is 5.60 Å². The highest BCUT2D eigenvalue weighted by Gasteiger charge is 2.42. The minimum atomic E-state index is -0.833. The van der Waals surface area contributed by atoms with E-state index in [1.54, 1.807) is 13.1 Å². The van der Waals surface area contributed by atoms with Gasteiger partial charge in [0, 0.05) is 5.56 Å². The molecule has 1 unspecified atom stereocenters. The molecule has 0 aromatic carbocycles. The van der Waals surface area contributed by atoms with Crippen molar-refractivity contribution in [3.05, 3.63) is 18.0 Å². The monoisotopic (exact) mass is 179 g/mol. The van der Waals surface area contributed by atoms with E-state index in [0.29, 0.717) is 17.2 Å². The second-order valence-electron chi connectivity index (χ2n) is 3.78. The van der Waals surface area contributed by atoms with Crippen LogP contribution in [0, 0.1) is 5.92 Å². The molecule has 13 heavy (non-hydrogen) atoms. The van der Waals surface area contributed by atoms with Crippen molar-refractivity contribution in [2.24, 2.45) is 5.92 Å². The first-order chi connectivity index (χ1) is 6.12. The van der Waals surface area contributed by atoms with Crippen molar-refractivity contribution < 1.29 is 5.11 Å². The van der Waals surface area contributed by atoms with Gasteiger partial charge >= 0.3 is 0 Å². The fourth-order valence-corrected chi connectivity index (χ4v) is 1.62. The molecule has 0 radical (unpaired) electrons. The van der Waals surface area contributed by atoms with Gasteiger partial charge in [-0.15, -0.1) is 0 Å². The summed E-state index contributed by atoms with van der Waals surface area (Å²) in [4.78, 5) is 0. The standard InChI is InChI=1S/C9H13N3O/c1-9(13,6-2-3-6)7-4-11-12-5-8(7)10/h4-6,13H,2-3H2,1H3,(H2,10,11). The average Bonchev–Trinajstić information content (AvgIpc) is 2.86. The fraction of sp³-hybridized carbons (Fsp3) is 0.556. The highest BCUT2D eigenvalue weighted by molar-refractivity contribution is 5.46. The molecule has 0 spiro atoms. The molecule has 2 rings (SSSR count). The van der Waals surface area contributed by atoms with Crippen LogP contribution in [0.15, 0.2) is 12.4 Å². The van der Waals surface area contributed by atoms with Gasteiger partial charge in [0.1, 0.15) is 0 Å². The molecule has 0 bridgehead atoms. The van der Waals surface area contributed by atoms with Crippen LogP contribution in [0.4, 0.5) is 5.69 Å². The lowest BCUT2D eigenvalue weighted by Gasteiger charge is -2.23. The summed E-state index contributed by atoms with van der Waals surface area (Å²) in [6.45, 7) is 1.79. The van der Waals surface area contributed by atoms with Gasteiger partial charge in [-0.3, -0.25) is 0 Å². The Morgan fingerprint density at radius 2 is 2.08 bits per heavy atom. The summed E-state index contributed by atoms with van der Waals surface area (Å²) in [5, 5.41) is 17.5. The lowest BCUT2D eigenvalue weighted by molar-refractivity contribution is 0.0334. The Bertz CT molecular complexity index is 320. The minimum absolute atomic E-state index is 0.332. The van der Waals surface area contributed by atoms with E-state index in [0.717, 1.165) is 12.8 Å². The normalized spacial score (nSPS) is 21.1. The third-order valence-electron chi connectivity index (χ3n) is 2.68. The largest absolute Gasteiger partial charge is 0.397 e. The molecular weight excluding hydrogens is 166 g/mol. The van der Waals surface area contributed by atoms with Gasteiger partial charge in [-0.2, -0.15) is 10.2 Å². The van der Waals surface area contributed by atoms with Gasteiger partial charge in [0.25, 0.3) is 0 Å². The number of nitrogens with two attached hydrogens (primary N) is 1. The number of aliphatic hydroxyl groups is 1. The molecule has 70 valence electrons. The second-order valence-corrected chi connectivity index (χ2v) is 3.78.